The first-order chi connectivity index (χ1) is 8.20. The summed E-state index contributed by atoms with van der Waals surface area (Å²) in [7, 11) is -0.787. The van der Waals surface area contributed by atoms with Crippen LogP contribution in [0.25, 0.3) is 0 Å². The molecular weight excluding hydrogens is 232 g/mol. The van der Waals surface area contributed by atoms with Crippen molar-refractivity contribution in [1.29, 1.82) is 5.26 Å². The van der Waals surface area contributed by atoms with E-state index in [4.69, 9.17) is 5.26 Å². The second kappa shape index (κ2) is 5.44. The Bertz CT molecular complexity index is 467. The zero-order valence-corrected chi connectivity index (χ0v) is 10.7. The van der Waals surface area contributed by atoms with Crippen LogP contribution in [0.15, 0.2) is 24.3 Å². The average molecular weight is 248 g/mol. The molecule has 1 aliphatic heterocycles. The van der Waals surface area contributed by atoms with Gasteiger partial charge in [0.15, 0.2) is 0 Å². The summed E-state index contributed by atoms with van der Waals surface area (Å²) in [6, 6.07) is 9.79. The first kappa shape index (κ1) is 12.3. The molecule has 3 atom stereocenters. The minimum absolute atomic E-state index is 0.106. The summed E-state index contributed by atoms with van der Waals surface area (Å²) in [5.41, 5.74) is 1.72. The fourth-order valence-electron chi connectivity index (χ4n) is 2.02. The van der Waals surface area contributed by atoms with Gasteiger partial charge >= 0.3 is 0 Å². The van der Waals surface area contributed by atoms with Crippen LogP contribution in [0, 0.1) is 11.3 Å². The molecule has 90 valence electrons. The van der Waals surface area contributed by atoms with Gasteiger partial charge in [-0.2, -0.15) is 5.26 Å². The van der Waals surface area contributed by atoms with Gasteiger partial charge in [-0.25, -0.2) is 0 Å². The summed E-state index contributed by atoms with van der Waals surface area (Å²) in [6.45, 7) is 2.92. The Labute approximate surface area is 104 Å². The van der Waals surface area contributed by atoms with Crippen LogP contribution >= 0.6 is 0 Å². The molecule has 1 aliphatic rings. The van der Waals surface area contributed by atoms with E-state index in [1.807, 2.05) is 25.1 Å². The van der Waals surface area contributed by atoms with Crippen molar-refractivity contribution in [3.8, 4) is 6.07 Å². The molecule has 3 nitrogen and oxygen atoms in total. The van der Waals surface area contributed by atoms with Crippen molar-refractivity contribution >= 4 is 10.8 Å². The molecule has 0 spiro atoms. The van der Waals surface area contributed by atoms with Crippen LogP contribution < -0.4 is 5.32 Å². The van der Waals surface area contributed by atoms with E-state index >= 15 is 0 Å². The van der Waals surface area contributed by atoms with Gasteiger partial charge in [-0.1, -0.05) is 19.1 Å². The molecule has 17 heavy (non-hydrogen) atoms. The smallest absolute Gasteiger partial charge is 0.0991 e. The predicted molar refractivity (Wildman–Crippen MR) is 69.0 cm³/mol. The van der Waals surface area contributed by atoms with Crippen LogP contribution in [-0.2, 0) is 10.8 Å². The first-order valence-corrected chi connectivity index (χ1v) is 7.19. The standard InChI is InChI=1S/C13H16N2OS/c1-10-5-6-15-13(9-17(10)16)12-4-2-3-11(7-12)8-14/h2-4,7,10,13,15H,5-6,9H2,1H3. The van der Waals surface area contributed by atoms with Gasteiger partial charge in [0.05, 0.1) is 11.6 Å². The zero-order valence-electron chi connectivity index (χ0n) is 9.85. The van der Waals surface area contributed by atoms with Crippen LogP contribution in [0.4, 0.5) is 0 Å². The summed E-state index contributed by atoms with van der Waals surface area (Å²) in [5.74, 6) is 0.635. The number of benzene rings is 1. The maximum Gasteiger partial charge on any atom is 0.0991 e. The highest BCUT2D eigenvalue weighted by molar-refractivity contribution is 7.85. The van der Waals surface area contributed by atoms with Crippen molar-refractivity contribution in [2.24, 2.45) is 0 Å². The van der Waals surface area contributed by atoms with Gasteiger partial charge in [-0.15, -0.1) is 0 Å². The highest BCUT2D eigenvalue weighted by Gasteiger charge is 2.22. The van der Waals surface area contributed by atoms with E-state index in [1.165, 1.54) is 0 Å². The number of nitrogens with zero attached hydrogens (tertiary/aromatic N) is 1. The van der Waals surface area contributed by atoms with Crippen molar-refractivity contribution in [2.45, 2.75) is 24.6 Å². The van der Waals surface area contributed by atoms with Gasteiger partial charge in [0.25, 0.3) is 0 Å². The Morgan fingerprint density at radius 2 is 2.35 bits per heavy atom. The molecule has 0 radical (unpaired) electrons. The number of nitriles is 1. The quantitative estimate of drug-likeness (QED) is 0.823. The van der Waals surface area contributed by atoms with E-state index in [0.29, 0.717) is 11.3 Å². The number of hydrogen-bond donors (Lipinski definition) is 1. The molecule has 0 aromatic heterocycles. The summed E-state index contributed by atoms with van der Waals surface area (Å²) in [6.07, 6.45) is 0.945. The molecular formula is C13H16N2OS. The minimum Gasteiger partial charge on any atom is -0.309 e. The van der Waals surface area contributed by atoms with Gasteiger partial charge < -0.3 is 5.32 Å². The minimum atomic E-state index is -0.787. The molecule has 0 bridgehead atoms. The van der Waals surface area contributed by atoms with E-state index in [1.54, 1.807) is 6.07 Å². The SMILES string of the molecule is CC1CCNC(c2cccc(C#N)c2)CS1=O. The monoisotopic (exact) mass is 248 g/mol. The van der Waals surface area contributed by atoms with Crippen molar-refractivity contribution in [3.05, 3.63) is 35.4 Å². The summed E-state index contributed by atoms with van der Waals surface area (Å²) >= 11 is 0. The Kier molecular flexibility index (Phi) is 3.93. The van der Waals surface area contributed by atoms with E-state index in [0.717, 1.165) is 18.5 Å². The van der Waals surface area contributed by atoms with E-state index < -0.39 is 10.8 Å². The van der Waals surface area contributed by atoms with Crippen LogP contribution in [-0.4, -0.2) is 21.8 Å². The normalized spacial score (nSPS) is 29.3. The zero-order chi connectivity index (χ0) is 12.3. The third-order valence-corrected chi connectivity index (χ3v) is 4.93. The van der Waals surface area contributed by atoms with Crippen LogP contribution in [0.2, 0.25) is 0 Å². The fourth-order valence-corrected chi connectivity index (χ4v) is 3.37. The molecule has 1 fully saturated rings. The molecule has 1 heterocycles. The van der Waals surface area contributed by atoms with Crippen molar-refractivity contribution in [3.63, 3.8) is 0 Å². The maximum absolute atomic E-state index is 12.0. The number of hydrogen-bond acceptors (Lipinski definition) is 3. The second-order valence-electron chi connectivity index (χ2n) is 4.39. The molecule has 1 aromatic rings. The molecule has 1 aromatic carbocycles. The van der Waals surface area contributed by atoms with Crippen LogP contribution in [0.1, 0.15) is 30.5 Å². The predicted octanol–water partition coefficient (Wildman–Crippen LogP) is 1.73. The van der Waals surface area contributed by atoms with Gasteiger partial charge in [-0.05, 0) is 30.7 Å². The largest absolute Gasteiger partial charge is 0.309 e. The van der Waals surface area contributed by atoms with E-state index in [9.17, 15) is 4.21 Å². The fraction of sp³-hybridized carbons (Fsp3) is 0.462. The number of rotatable bonds is 1. The Morgan fingerprint density at radius 3 is 3.12 bits per heavy atom. The molecule has 1 N–H and O–H groups in total. The Morgan fingerprint density at radius 1 is 1.53 bits per heavy atom. The topological polar surface area (TPSA) is 52.9 Å². The highest BCUT2D eigenvalue weighted by atomic mass is 32.2. The lowest BCUT2D eigenvalue weighted by molar-refractivity contribution is 0.578. The summed E-state index contributed by atoms with van der Waals surface area (Å²) in [4.78, 5) is 0. The van der Waals surface area contributed by atoms with Gasteiger partial charge in [-0.3, -0.25) is 4.21 Å². The lowest BCUT2D eigenvalue weighted by atomic mass is 10.1. The molecule has 0 saturated carbocycles. The van der Waals surface area contributed by atoms with Crippen LogP contribution in [0.3, 0.4) is 0 Å². The lowest BCUT2D eigenvalue weighted by Crippen LogP contribution is -2.24. The van der Waals surface area contributed by atoms with Crippen LogP contribution in [0.5, 0.6) is 0 Å². The average Bonchev–Trinajstić information content (AvgIpc) is 2.52. The van der Waals surface area contributed by atoms with Gasteiger partial charge in [0.2, 0.25) is 0 Å². The molecule has 0 aliphatic carbocycles. The van der Waals surface area contributed by atoms with Gasteiger partial charge in [0, 0.05) is 27.8 Å². The molecule has 2 rings (SSSR count). The van der Waals surface area contributed by atoms with E-state index in [2.05, 4.69) is 11.4 Å². The van der Waals surface area contributed by atoms with Gasteiger partial charge in [0.1, 0.15) is 0 Å². The molecule has 1 saturated heterocycles. The van der Waals surface area contributed by atoms with Crippen molar-refractivity contribution in [1.82, 2.24) is 5.32 Å². The molecule has 3 unspecified atom stereocenters. The molecule has 4 heteroatoms. The molecule has 0 amide bonds. The Hall–Kier alpha value is -1.18. The van der Waals surface area contributed by atoms with Crippen molar-refractivity contribution < 1.29 is 4.21 Å². The first-order valence-electron chi connectivity index (χ1n) is 5.81. The van der Waals surface area contributed by atoms with Crippen molar-refractivity contribution in [2.75, 3.05) is 12.3 Å². The lowest BCUT2D eigenvalue weighted by Gasteiger charge is -2.15. The third kappa shape index (κ3) is 2.93. The summed E-state index contributed by atoms with van der Waals surface area (Å²) in [5, 5.41) is 12.5. The summed E-state index contributed by atoms with van der Waals surface area (Å²) < 4.78 is 12.0. The second-order valence-corrected chi connectivity index (χ2v) is 6.29. The van der Waals surface area contributed by atoms with E-state index in [-0.39, 0.29) is 11.3 Å². The maximum atomic E-state index is 12.0. The Balaban J connectivity index is 2.21. The highest BCUT2D eigenvalue weighted by Crippen LogP contribution is 2.20. The number of nitrogens with one attached hydrogen (secondary N) is 1. The third-order valence-electron chi connectivity index (χ3n) is 3.14.